The fraction of sp³-hybridized carbons (Fsp3) is 0.471. The zero-order valence-electron chi connectivity index (χ0n) is 13.9. The molecule has 1 heterocycles. The molecule has 1 unspecified atom stereocenters. The maximum atomic E-state index is 12.8. The van der Waals surface area contributed by atoms with Crippen molar-refractivity contribution in [1.29, 1.82) is 0 Å². The minimum atomic E-state index is -3.48. The van der Waals surface area contributed by atoms with E-state index in [0.29, 0.717) is 12.0 Å². The Morgan fingerprint density at radius 1 is 1.20 bits per heavy atom. The molecule has 1 aliphatic heterocycles. The summed E-state index contributed by atoms with van der Waals surface area (Å²) < 4.78 is 29.7. The molecule has 0 N–H and O–H groups in total. The molecule has 134 valence electrons. The first kappa shape index (κ1) is 18.1. The highest BCUT2D eigenvalue weighted by Crippen LogP contribution is 2.43. The Labute approximate surface area is 150 Å². The molecule has 2 aliphatic rings. The summed E-state index contributed by atoms with van der Waals surface area (Å²) >= 11 is 1.22. The molecule has 8 heteroatoms. The Hall–Kier alpha value is -1.67. The molecule has 0 spiro atoms. The lowest BCUT2D eigenvalue weighted by molar-refractivity contribution is -0.133. The number of sulfone groups is 1. The summed E-state index contributed by atoms with van der Waals surface area (Å²) in [7, 11) is -2.12. The van der Waals surface area contributed by atoms with Gasteiger partial charge in [-0.25, -0.2) is 8.42 Å². The van der Waals surface area contributed by atoms with E-state index in [9.17, 15) is 22.8 Å². The van der Waals surface area contributed by atoms with Crippen molar-refractivity contribution in [1.82, 2.24) is 0 Å². The van der Waals surface area contributed by atoms with Gasteiger partial charge in [-0.1, -0.05) is 0 Å². The second-order valence-corrected chi connectivity index (χ2v) is 9.56. The monoisotopic (exact) mass is 382 g/mol. The predicted octanol–water partition coefficient (Wildman–Crippen LogP) is 1.84. The van der Waals surface area contributed by atoms with Crippen molar-refractivity contribution in [2.75, 3.05) is 13.4 Å². The topological polar surface area (TPSA) is 94.6 Å². The van der Waals surface area contributed by atoms with Crippen molar-refractivity contribution in [3.63, 3.8) is 0 Å². The lowest BCUT2D eigenvalue weighted by Crippen LogP contribution is -2.35. The average Bonchev–Trinajstić information content (AvgIpc) is 2.84. The van der Waals surface area contributed by atoms with Crippen molar-refractivity contribution in [3.05, 3.63) is 23.3 Å². The smallest absolute Gasteiger partial charge is 0.191 e. The second-order valence-electron chi connectivity index (χ2n) is 6.12. The van der Waals surface area contributed by atoms with Gasteiger partial charge in [0.15, 0.2) is 27.2 Å². The predicted molar refractivity (Wildman–Crippen MR) is 92.9 cm³/mol. The number of fused-ring (bicyclic) bond motifs is 1. The van der Waals surface area contributed by atoms with E-state index in [4.69, 9.17) is 4.74 Å². The van der Waals surface area contributed by atoms with Crippen LogP contribution in [0.2, 0.25) is 0 Å². The molecule has 0 saturated heterocycles. The SMILES string of the molecule is COc1c(C(=O)C2C(=O)CCCC2=O)ccc2c1CC(SC)S2(=O)=O. The van der Waals surface area contributed by atoms with Gasteiger partial charge in [-0.3, -0.25) is 14.4 Å². The largest absolute Gasteiger partial charge is 0.496 e. The van der Waals surface area contributed by atoms with E-state index in [-0.39, 0.29) is 47.0 Å². The van der Waals surface area contributed by atoms with Crippen LogP contribution in [-0.2, 0) is 25.8 Å². The van der Waals surface area contributed by atoms with E-state index in [0.717, 1.165) is 0 Å². The lowest BCUT2D eigenvalue weighted by Gasteiger charge is -2.20. The normalized spacial score (nSPS) is 22.7. The van der Waals surface area contributed by atoms with Gasteiger partial charge < -0.3 is 4.74 Å². The van der Waals surface area contributed by atoms with Crippen LogP contribution in [0.1, 0.15) is 35.2 Å². The summed E-state index contributed by atoms with van der Waals surface area (Å²) in [5.74, 6) is -2.49. The van der Waals surface area contributed by atoms with Crippen molar-refractivity contribution in [2.45, 2.75) is 35.2 Å². The number of methoxy groups -OCH3 is 1. The molecule has 1 fully saturated rings. The summed E-state index contributed by atoms with van der Waals surface area (Å²) in [6.45, 7) is 0. The van der Waals surface area contributed by atoms with Crippen LogP contribution in [0, 0.1) is 5.92 Å². The summed E-state index contributed by atoms with van der Waals surface area (Å²) in [5, 5.41) is 0. The number of thioether (sulfide) groups is 1. The first-order valence-electron chi connectivity index (χ1n) is 7.89. The Balaban J connectivity index is 2.10. The van der Waals surface area contributed by atoms with E-state index in [1.54, 1.807) is 6.26 Å². The maximum Gasteiger partial charge on any atom is 0.191 e. The van der Waals surface area contributed by atoms with Gasteiger partial charge in [0.05, 0.1) is 17.6 Å². The molecule has 0 aromatic heterocycles. The summed E-state index contributed by atoms with van der Waals surface area (Å²) in [6, 6.07) is 2.74. The highest BCUT2D eigenvalue weighted by Gasteiger charge is 2.42. The van der Waals surface area contributed by atoms with Crippen LogP contribution in [-0.4, -0.2) is 43.7 Å². The Morgan fingerprint density at radius 2 is 1.84 bits per heavy atom. The summed E-state index contributed by atoms with van der Waals surface area (Å²) in [6.07, 6.45) is 2.83. The van der Waals surface area contributed by atoms with Crippen molar-refractivity contribution in [2.24, 2.45) is 5.92 Å². The Bertz CT molecular complexity index is 855. The molecule has 1 atom stereocenters. The third-order valence-electron chi connectivity index (χ3n) is 4.73. The highest BCUT2D eigenvalue weighted by molar-refractivity contribution is 8.13. The zero-order chi connectivity index (χ0) is 18.4. The van der Waals surface area contributed by atoms with Gasteiger partial charge in [0.25, 0.3) is 0 Å². The molecule has 0 amide bonds. The maximum absolute atomic E-state index is 12.8. The van der Waals surface area contributed by atoms with Crippen molar-refractivity contribution < 1.29 is 27.5 Å². The summed E-state index contributed by atoms with van der Waals surface area (Å²) in [5.41, 5.74) is 0.551. The highest BCUT2D eigenvalue weighted by atomic mass is 32.3. The number of benzene rings is 1. The van der Waals surface area contributed by atoms with Crippen LogP contribution >= 0.6 is 11.8 Å². The van der Waals surface area contributed by atoms with Gasteiger partial charge in [-0.15, -0.1) is 11.8 Å². The van der Waals surface area contributed by atoms with Crippen LogP contribution in [0.25, 0.3) is 0 Å². The van der Waals surface area contributed by atoms with Gasteiger partial charge >= 0.3 is 0 Å². The van der Waals surface area contributed by atoms with Crippen molar-refractivity contribution >= 4 is 38.9 Å². The first-order chi connectivity index (χ1) is 11.8. The molecule has 1 saturated carbocycles. The average molecular weight is 382 g/mol. The quantitative estimate of drug-likeness (QED) is 0.579. The minimum absolute atomic E-state index is 0.104. The molecular formula is C17H18O6S2. The fourth-order valence-corrected chi connectivity index (χ4v) is 6.58. The zero-order valence-corrected chi connectivity index (χ0v) is 15.5. The molecule has 0 bridgehead atoms. The first-order valence-corrected chi connectivity index (χ1v) is 10.7. The number of hydrogen-bond acceptors (Lipinski definition) is 7. The van der Waals surface area contributed by atoms with Crippen LogP contribution < -0.4 is 4.74 Å². The second kappa shape index (κ2) is 6.57. The number of rotatable bonds is 4. The van der Waals surface area contributed by atoms with E-state index in [2.05, 4.69) is 0 Å². The van der Waals surface area contributed by atoms with Crippen LogP contribution in [0.3, 0.4) is 0 Å². The van der Waals surface area contributed by atoms with E-state index >= 15 is 0 Å². The van der Waals surface area contributed by atoms with Crippen LogP contribution in [0.15, 0.2) is 17.0 Å². The molecule has 25 heavy (non-hydrogen) atoms. The summed E-state index contributed by atoms with van der Waals surface area (Å²) in [4.78, 5) is 37.1. The number of carbonyl (C=O) groups excluding carboxylic acids is 3. The van der Waals surface area contributed by atoms with Crippen LogP contribution in [0.5, 0.6) is 5.75 Å². The number of ether oxygens (including phenoxy) is 1. The molecule has 6 nitrogen and oxygen atoms in total. The standard InChI is InChI=1S/C17H18O6S2/c1-23-17-9(16(20)15-11(18)4-3-5-12(15)19)6-7-13-10(17)8-14(24-2)25(13,21)22/h6-7,14-15H,3-5,8H2,1-2H3. The van der Waals surface area contributed by atoms with Gasteiger partial charge in [0, 0.05) is 24.8 Å². The number of hydrogen-bond donors (Lipinski definition) is 0. The molecule has 1 aliphatic carbocycles. The third-order valence-corrected chi connectivity index (χ3v) is 8.61. The van der Waals surface area contributed by atoms with Crippen molar-refractivity contribution in [3.8, 4) is 5.75 Å². The van der Waals surface area contributed by atoms with Gasteiger partial charge in [0.1, 0.15) is 16.2 Å². The molecule has 1 aromatic carbocycles. The van der Waals surface area contributed by atoms with Gasteiger partial charge in [-0.05, 0) is 24.8 Å². The molecular weight excluding hydrogens is 364 g/mol. The third kappa shape index (κ3) is 2.81. The Kier molecular flexibility index (Phi) is 4.76. The van der Waals surface area contributed by atoms with Gasteiger partial charge in [0.2, 0.25) is 0 Å². The van der Waals surface area contributed by atoms with E-state index in [1.165, 1.54) is 31.0 Å². The number of Topliss-reactive ketones (excluding diaryl/α,β-unsaturated/α-hetero) is 3. The molecule has 1 aromatic rings. The van der Waals surface area contributed by atoms with E-state index < -0.39 is 26.1 Å². The minimum Gasteiger partial charge on any atom is -0.496 e. The van der Waals surface area contributed by atoms with Gasteiger partial charge in [-0.2, -0.15) is 0 Å². The lowest BCUT2D eigenvalue weighted by atomic mass is 9.81. The number of carbonyl (C=O) groups is 3. The molecule has 0 radical (unpaired) electrons. The molecule has 3 rings (SSSR count). The Morgan fingerprint density at radius 3 is 2.40 bits per heavy atom. The van der Waals surface area contributed by atoms with E-state index in [1.807, 2.05) is 0 Å². The number of ketones is 3. The van der Waals surface area contributed by atoms with Crippen LogP contribution in [0.4, 0.5) is 0 Å². The fourth-order valence-electron chi connectivity index (χ4n) is 3.48.